The van der Waals surface area contributed by atoms with Crippen molar-refractivity contribution in [1.82, 2.24) is 4.31 Å². The Kier molecular flexibility index (Phi) is 6.57. The van der Waals surface area contributed by atoms with E-state index in [1.165, 1.54) is 4.31 Å². The maximum absolute atomic E-state index is 13.0. The number of nitrogens with zero attached hydrogens (tertiary/aromatic N) is 1. The van der Waals surface area contributed by atoms with Crippen LogP contribution in [0.4, 0.5) is 0 Å². The van der Waals surface area contributed by atoms with Crippen molar-refractivity contribution >= 4 is 26.8 Å². The number of carbonyl (C=O) groups is 1. The molecule has 0 unspecified atom stereocenters. The molecule has 2 aromatic carbocycles. The lowest BCUT2D eigenvalue weighted by Crippen LogP contribution is -2.40. The van der Waals surface area contributed by atoms with Crippen LogP contribution in [0.25, 0.3) is 10.8 Å². The van der Waals surface area contributed by atoms with Gasteiger partial charge in [-0.05, 0) is 61.2 Å². The number of ether oxygens (including phenoxy) is 2. The number of esters is 1. The van der Waals surface area contributed by atoms with Crippen LogP contribution in [-0.2, 0) is 19.6 Å². The molecular formula is C21H27NO5S. The first-order chi connectivity index (χ1) is 13.5. The number of hydrogen-bond acceptors (Lipinski definition) is 5. The van der Waals surface area contributed by atoms with Crippen molar-refractivity contribution in [3.05, 3.63) is 36.4 Å². The van der Waals surface area contributed by atoms with E-state index in [-0.39, 0.29) is 16.8 Å². The van der Waals surface area contributed by atoms with Crippen molar-refractivity contribution in [2.24, 2.45) is 5.92 Å². The summed E-state index contributed by atoms with van der Waals surface area (Å²) < 4.78 is 38.2. The summed E-state index contributed by atoms with van der Waals surface area (Å²) in [6.45, 7) is 5.48. The molecule has 1 aliphatic rings. The molecule has 152 valence electrons. The zero-order chi connectivity index (χ0) is 20.1. The van der Waals surface area contributed by atoms with E-state index >= 15 is 0 Å². The molecule has 1 saturated heterocycles. The second-order valence-electron chi connectivity index (χ2n) is 6.95. The fourth-order valence-corrected chi connectivity index (χ4v) is 4.92. The van der Waals surface area contributed by atoms with Gasteiger partial charge in [0.2, 0.25) is 10.0 Å². The Morgan fingerprint density at radius 1 is 1.07 bits per heavy atom. The predicted octanol–water partition coefficient (Wildman–Crippen LogP) is 3.59. The average Bonchev–Trinajstić information content (AvgIpc) is 2.72. The van der Waals surface area contributed by atoms with Gasteiger partial charge in [-0.25, -0.2) is 8.42 Å². The highest BCUT2D eigenvalue weighted by molar-refractivity contribution is 7.89. The lowest BCUT2D eigenvalue weighted by molar-refractivity contribution is -0.149. The zero-order valence-corrected chi connectivity index (χ0v) is 17.2. The first-order valence-corrected chi connectivity index (χ1v) is 11.2. The van der Waals surface area contributed by atoms with Crippen molar-refractivity contribution in [3.63, 3.8) is 0 Å². The summed E-state index contributed by atoms with van der Waals surface area (Å²) in [4.78, 5) is 12.1. The van der Waals surface area contributed by atoms with Gasteiger partial charge in [0.1, 0.15) is 5.75 Å². The van der Waals surface area contributed by atoms with Crippen LogP contribution >= 0.6 is 0 Å². The largest absolute Gasteiger partial charge is 0.494 e. The maximum Gasteiger partial charge on any atom is 0.309 e. The van der Waals surface area contributed by atoms with E-state index < -0.39 is 10.0 Å². The first-order valence-electron chi connectivity index (χ1n) is 9.79. The Morgan fingerprint density at radius 2 is 1.75 bits per heavy atom. The van der Waals surface area contributed by atoms with E-state index in [1.807, 2.05) is 31.2 Å². The fraction of sp³-hybridized carbons (Fsp3) is 0.476. The van der Waals surface area contributed by atoms with Crippen molar-refractivity contribution in [2.75, 3.05) is 26.3 Å². The Morgan fingerprint density at radius 3 is 2.43 bits per heavy atom. The van der Waals surface area contributed by atoms with Crippen LogP contribution in [0.3, 0.4) is 0 Å². The van der Waals surface area contributed by atoms with Crippen LogP contribution in [0.1, 0.15) is 33.1 Å². The molecule has 1 heterocycles. The molecule has 0 spiro atoms. The quantitative estimate of drug-likeness (QED) is 0.658. The summed E-state index contributed by atoms with van der Waals surface area (Å²) in [5.74, 6) is 0.335. The van der Waals surface area contributed by atoms with Gasteiger partial charge < -0.3 is 9.47 Å². The number of fused-ring (bicyclic) bond motifs is 1. The van der Waals surface area contributed by atoms with Gasteiger partial charge in [0.25, 0.3) is 0 Å². The van der Waals surface area contributed by atoms with Gasteiger partial charge in [0.15, 0.2) is 0 Å². The highest BCUT2D eigenvalue weighted by atomic mass is 32.2. The smallest absolute Gasteiger partial charge is 0.309 e. The molecule has 0 atom stereocenters. The highest BCUT2D eigenvalue weighted by Crippen LogP contribution is 2.28. The molecule has 28 heavy (non-hydrogen) atoms. The molecule has 0 N–H and O–H groups in total. The molecule has 1 fully saturated rings. The van der Waals surface area contributed by atoms with Gasteiger partial charge in [-0.2, -0.15) is 4.31 Å². The van der Waals surface area contributed by atoms with Crippen molar-refractivity contribution in [2.45, 2.75) is 38.0 Å². The number of sulfonamides is 1. The van der Waals surface area contributed by atoms with Crippen LogP contribution < -0.4 is 4.74 Å². The SMILES string of the molecule is CCCOc1ccc2cc(S(=O)(=O)N3CCC(C(=O)OCC)CC3)ccc2c1. The molecule has 0 saturated carbocycles. The third-order valence-electron chi connectivity index (χ3n) is 4.97. The Balaban J connectivity index is 1.75. The van der Waals surface area contributed by atoms with Crippen LogP contribution in [-0.4, -0.2) is 45.0 Å². The molecule has 3 rings (SSSR count). The standard InChI is InChI=1S/C21H27NO5S/c1-3-13-27-19-7-5-18-15-20(8-6-17(18)14-19)28(24,25)22-11-9-16(10-12-22)21(23)26-4-2/h5-8,14-16H,3-4,9-13H2,1-2H3. The number of benzene rings is 2. The van der Waals surface area contributed by atoms with Gasteiger partial charge in [0, 0.05) is 13.1 Å². The number of rotatable bonds is 7. The van der Waals surface area contributed by atoms with Crippen molar-refractivity contribution in [3.8, 4) is 5.75 Å². The Labute approximate surface area is 166 Å². The predicted molar refractivity (Wildman–Crippen MR) is 108 cm³/mol. The fourth-order valence-electron chi connectivity index (χ4n) is 3.41. The van der Waals surface area contributed by atoms with Crippen LogP contribution in [0.15, 0.2) is 41.3 Å². The minimum Gasteiger partial charge on any atom is -0.494 e. The summed E-state index contributed by atoms with van der Waals surface area (Å²) in [5, 5.41) is 1.79. The molecule has 0 aliphatic carbocycles. The van der Waals surface area contributed by atoms with Gasteiger partial charge >= 0.3 is 5.97 Å². The van der Waals surface area contributed by atoms with Crippen LogP contribution in [0.5, 0.6) is 5.75 Å². The molecule has 0 amide bonds. The summed E-state index contributed by atoms with van der Waals surface area (Å²) in [5.41, 5.74) is 0. The minimum absolute atomic E-state index is 0.218. The maximum atomic E-state index is 13.0. The molecule has 0 aromatic heterocycles. The van der Waals surface area contributed by atoms with E-state index in [9.17, 15) is 13.2 Å². The van der Waals surface area contributed by atoms with Gasteiger partial charge in [0.05, 0.1) is 24.0 Å². The Bertz CT molecular complexity index is 933. The van der Waals surface area contributed by atoms with E-state index in [1.54, 1.807) is 19.1 Å². The second kappa shape index (κ2) is 8.92. The van der Waals surface area contributed by atoms with Crippen molar-refractivity contribution < 1.29 is 22.7 Å². The molecular weight excluding hydrogens is 378 g/mol. The molecule has 6 nitrogen and oxygen atoms in total. The normalized spacial score (nSPS) is 16.2. The monoisotopic (exact) mass is 405 g/mol. The molecule has 0 bridgehead atoms. The summed E-state index contributed by atoms with van der Waals surface area (Å²) >= 11 is 0. The molecule has 1 aliphatic heterocycles. The van der Waals surface area contributed by atoms with Gasteiger partial charge in [-0.15, -0.1) is 0 Å². The zero-order valence-electron chi connectivity index (χ0n) is 16.4. The molecule has 7 heteroatoms. The molecule has 0 radical (unpaired) electrons. The van der Waals surface area contributed by atoms with Crippen molar-refractivity contribution in [1.29, 1.82) is 0 Å². The average molecular weight is 406 g/mol. The van der Waals surface area contributed by atoms with E-state index in [4.69, 9.17) is 9.47 Å². The number of carbonyl (C=O) groups excluding carboxylic acids is 1. The highest BCUT2D eigenvalue weighted by Gasteiger charge is 2.32. The summed E-state index contributed by atoms with van der Waals surface area (Å²) in [6.07, 6.45) is 1.91. The topological polar surface area (TPSA) is 72.9 Å². The van der Waals surface area contributed by atoms with Gasteiger partial charge in [-0.1, -0.05) is 19.1 Å². The lowest BCUT2D eigenvalue weighted by atomic mass is 9.98. The van der Waals surface area contributed by atoms with Crippen LogP contribution in [0, 0.1) is 5.92 Å². The third-order valence-corrected chi connectivity index (χ3v) is 6.86. The summed E-state index contributed by atoms with van der Waals surface area (Å²) in [7, 11) is -3.59. The van der Waals surface area contributed by atoms with Crippen LogP contribution in [0.2, 0.25) is 0 Å². The van der Waals surface area contributed by atoms with E-state index in [0.29, 0.717) is 39.1 Å². The Hall–Kier alpha value is -2.12. The third kappa shape index (κ3) is 4.47. The summed E-state index contributed by atoms with van der Waals surface area (Å²) in [6, 6.07) is 10.8. The van der Waals surface area contributed by atoms with E-state index in [0.717, 1.165) is 22.9 Å². The number of hydrogen-bond donors (Lipinski definition) is 0. The molecule has 2 aromatic rings. The lowest BCUT2D eigenvalue weighted by Gasteiger charge is -2.30. The first kappa shape index (κ1) is 20.6. The van der Waals surface area contributed by atoms with Gasteiger partial charge in [-0.3, -0.25) is 4.79 Å². The number of piperidine rings is 1. The van der Waals surface area contributed by atoms with E-state index in [2.05, 4.69) is 0 Å². The minimum atomic E-state index is -3.59. The second-order valence-corrected chi connectivity index (χ2v) is 8.89.